The van der Waals surface area contributed by atoms with Crippen LogP contribution in [0.5, 0.6) is 0 Å². The molecule has 2 heterocycles. The van der Waals surface area contributed by atoms with E-state index < -0.39 is 0 Å². The Bertz CT molecular complexity index is 386. The van der Waals surface area contributed by atoms with Crippen LogP contribution in [0.1, 0.15) is 25.8 Å². The summed E-state index contributed by atoms with van der Waals surface area (Å²) in [6.07, 6.45) is -0.00891. The summed E-state index contributed by atoms with van der Waals surface area (Å²) in [5, 5.41) is 4.02. The number of nitrogens with zero attached hydrogens (tertiary/aromatic N) is 3. The van der Waals surface area contributed by atoms with E-state index in [1.165, 1.54) is 11.5 Å². The van der Waals surface area contributed by atoms with Crippen LogP contribution in [0, 0.1) is 0 Å². The quantitative estimate of drug-likeness (QED) is 0.797. The largest absolute Gasteiger partial charge is 0.383 e. The number of hydrogen-bond donors (Lipinski definition) is 1. The second-order valence-corrected chi connectivity index (χ2v) is 5.58. The Morgan fingerprint density at radius 2 is 2.42 bits per heavy atom. The highest BCUT2D eigenvalue weighted by atomic mass is 32.1. The van der Waals surface area contributed by atoms with Crippen molar-refractivity contribution in [1.82, 2.24) is 14.3 Å². The molecule has 0 aromatic carbocycles. The number of methoxy groups -OCH3 is 1. The third-order valence-corrected chi connectivity index (χ3v) is 3.83. The average molecular weight is 286 g/mol. The van der Waals surface area contributed by atoms with Gasteiger partial charge in [0.05, 0.1) is 13.2 Å². The molecular formula is C12H22N4O2S. The van der Waals surface area contributed by atoms with E-state index in [2.05, 4.69) is 33.4 Å². The van der Waals surface area contributed by atoms with Crippen molar-refractivity contribution in [2.24, 2.45) is 0 Å². The second kappa shape index (κ2) is 7.14. The van der Waals surface area contributed by atoms with Gasteiger partial charge in [0.2, 0.25) is 5.13 Å². The highest BCUT2D eigenvalue weighted by molar-refractivity contribution is 7.09. The number of aromatic nitrogens is 2. The van der Waals surface area contributed by atoms with Crippen LogP contribution in [0.2, 0.25) is 0 Å². The molecule has 0 bridgehead atoms. The molecule has 1 aliphatic heterocycles. The minimum atomic E-state index is -0.00891. The molecule has 1 aliphatic rings. The topological polar surface area (TPSA) is 59.5 Å². The van der Waals surface area contributed by atoms with E-state index in [0.29, 0.717) is 12.6 Å². The Morgan fingerprint density at radius 3 is 3.16 bits per heavy atom. The number of anilines is 1. The van der Waals surface area contributed by atoms with E-state index >= 15 is 0 Å². The molecule has 0 aliphatic carbocycles. The van der Waals surface area contributed by atoms with E-state index in [-0.39, 0.29) is 6.10 Å². The first kappa shape index (κ1) is 14.6. The molecule has 1 fully saturated rings. The Balaban J connectivity index is 1.90. The van der Waals surface area contributed by atoms with Gasteiger partial charge in [-0.2, -0.15) is 4.37 Å². The van der Waals surface area contributed by atoms with Crippen molar-refractivity contribution in [3.8, 4) is 0 Å². The summed E-state index contributed by atoms with van der Waals surface area (Å²) in [5.41, 5.74) is 0. The predicted octanol–water partition coefficient (Wildman–Crippen LogP) is 1.38. The van der Waals surface area contributed by atoms with Gasteiger partial charge in [0.1, 0.15) is 6.10 Å². The fourth-order valence-corrected chi connectivity index (χ4v) is 2.63. The van der Waals surface area contributed by atoms with Crippen molar-refractivity contribution in [3.63, 3.8) is 0 Å². The van der Waals surface area contributed by atoms with Gasteiger partial charge in [-0.25, -0.2) is 4.98 Å². The third kappa shape index (κ3) is 4.10. The van der Waals surface area contributed by atoms with Crippen LogP contribution in [-0.2, 0) is 9.47 Å². The second-order valence-electron chi connectivity index (χ2n) is 4.83. The first-order chi connectivity index (χ1) is 9.20. The number of morpholine rings is 1. The van der Waals surface area contributed by atoms with Gasteiger partial charge in [-0.1, -0.05) is 0 Å². The van der Waals surface area contributed by atoms with E-state index in [0.717, 1.165) is 37.2 Å². The number of nitrogens with one attached hydrogen (secondary N) is 1. The van der Waals surface area contributed by atoms with Gasteiger partial charge in [-0.3, -0.25) is 4.90 Å². The van der Waals surface area contributed by atoms with Gasteiger partial charge >= 0.3 is 0 Å². The van der Waals surface area contributed by atoms with Crippen molar-refractivity contribution in [2.45, 2.75) is 26.0 Å². The van der Waals surface area contributed by atoms with Crippen molar-refractivity contribution in [3.05, 3.63) is 5.82 Å². The maximum Gasteiger partial charge on any atom is 0.202 e. The van der Waals surface area contributed by atoms with E-state index in [1.54, 1.807) is 7.11 Å². The lowest BCUT2D eigenvalue weighted by Gasteiger charge is -2.34. The lowest BCUT2D eigenvalue weighted by Crippen LogP contribution is -2.42. The number of ether oxygens (including phenoxy) is 2. The van der Waals surface area contributed by atoms with Crippen LogP contribution >= 0.6 is 11.5 Å². The summed E-state index contributed by atoms with van der Waals surface area (Å²) in [4.78, 5) is 6.88. The predicted molar refractivity (Wildman–Crippen MR) is 75.7 cm³/mol. The molecule has 2 rings (SSSR count). The molecule has 1 saturated heterocycles. The SMILES string of the molecule is COCCNc1nc(C2CN(C(C)C)CCO2)ns1. The molecule has 0 saturated carbocycles. The van der Waals surface area contributed by atoms with Crippen molar-refractivity contribution < 1.29 is 9.47 Å². The van der Waals surface area contributed by atoms with Crippen LogP contribution in [0.25, 0.3) is 0 Å². The third-order valence-electron chi connectivity index (χ3n) is 3.14. The standard InChI is InChI=1S/C12H22N4O2S/c1-9(2)16-5-7-18-10(8-16)11-14-12(19-15-11)13-4-6-17-3/h9-10H,4-8H2,1-3H3,(H,13,14,15). The molecule has 1 atom stereocenters. The Labute approximate surface area is 118 Å². The Morgan fingerprint density at radius 1 is 1.58 bits per heavy atom. The van der Waals surface area contributed by atoms with Gasteiger partial charge in [0.25, 0.3) is 0 Å². The monoisotopic (exact) mass is 286 g/mol. The molecule has 108 valence electrons. The summed E-state index contributed by atoms with van der Waals surface area (Å²) < 4.78 is 15.1. The van der Waals surface area contributed by atoms with Gasteiger partial charge in [-0.05, 0) is 13.8 Å². The fourth-order valence-electron chi connectivity index (χ4n) is 1.99. The van der Waals surface area contributed by atoms with Gasteiger partial charge < -0.3 is 14.8 Å². The maximum absolute atomic E-state index is 5.77. The fraction of sp³-hybridized carbons (Fsp3) is 0.833. The van der Waals surface area contributed by atoms with Crippen LogP contribution in [0.4, 0.5) is 5.13 Å². The molecule has 6 nitrogen and oxygen atoms in total. The maximum atomic E-state index is 5.77. The molecule has 7 heteroatoms. The van der Waals surface area contributed by atoms with Crippen LogP contribution < -0.4 is 5.32 Å². The molecule has 0 radical (unpaired) electrons. The molecule has 1 aromatic heterocycles. The zero-order chi connectivity index (χ0) is 13.7. The average Bonchev–Trinajstić information content (AvgIpc) is 2.88. The summed E-state index contributed by atoms with van der Waals surface area (Å²) >= 11 is 1.38. The van der Waals surface area contributed by atoms with Gasteiger partial charge in [0, 0.05) is 44.3 Å². The number of rotatable bonds is 6. The van der Waals surface area contributed by atoms with Crippen molar-refractivity contribution >= 4 is 16.7 Å². The molecular weight excluding hydrogens is 264 g/mol. The Kier molecular flexibility index (Phi) is 5.50. The molecule has 1 aromatic rings. The normalized spacial score (nSPS) is 20.9. The molecule has 19 heavy (non-hydrogen) atoms. The van der Waals surface area contributed by atoms with E-state index in [4.69, 9.17) is 9.47 Å². The van der Waals surface area contributed by atoms with Crippen LogP contribution in [-0.4, -0.2) is 60.3 Å². The van der Waals surface area contributed by atoms with Gasteiger partial charge in [-0.15, -0.1) is 0 Å². The lowest BCUT2D eigenvalue weighted by molar-refractivity contribution is -0.0437. The summed E-state index contributed by atoms with van der Waals surface area (Å²) in [6.45, 7) is 8.41. The van der Waals surface area contributed by atoms with Crippen LogP contribution in [0.15, 0.2) is 0 Å². The molecule has 0 spiro atoms. The summed E-state index contributed by atoms with van der Waals surface area (Å²) in [7, 11) is 1.68. The highest BCUT2D eigenvalue weighted by Crippen LogP contribution is 2.23. The van der Waals surface area contributed by atoms with Gasteiger partial charge in [0.15, 0.2) is 5.82 Å². The lowest BCUT2D eigenvalue weighted by atomic mass is 10.2. The van der Waals surface area contributed by atoms with E-state index in [1.807, 2.05) is 0 Å². The summed E-state index contributed by atoms with van der Waals surface area (Å²) in [6, 6.07) is 0.532. The zero-order valence-electron chi connectivity index (χ0n) is 11.8. The van der Waals surface area contributed by atoms with Crippen molar-refractivity contribution in [2.75, 3.05) is 45.3 Å². The van der Waals surface area contributed by atoms with Crippen molar-refractivity contribution in [1.29, 1.82) is 0 Å². The summed E-state index contributed by atoms with van der Waals surface area (Å²) in [5.74, 6) is 0.787. The van der Waals surface area contributed by atoms with Crippen LogP contribution in [0.3, 0.4) is 0 Å². The first-order valence-electron chi connectivity index (χ1n) is 6.62. The number of hydrogen-bond acceptors (Lipinski definition) is 7. The Hall–Kier alpha value is -0.760. The molecule has 0 amide bonds. The minimum Gasteiger partial charge on any atom is -0.383 e. The van der Waals surface area contributed by atoms with E-state index in [9.17, 15) is 0 Å². The smallest absolute Gasteiger partial charge is 0.202 e. The zero-order valence-corrected chi connectivity index (χ0v) is 12.6. The minimum absolute atomic E-state index is 0.00891. The molecule has 1 N–H and O–H groups in total. The molecule has 1 unspecified atom stereocenters. The first-order valence-corrected chi connectivity index (χ1v) is 7.40. The highest BCUT2D eigenvalue weighted by Gasteiger charge is 2.26.